The zero-order valence-electron chi connectivity index (χ0n) is 10.6. The summed E-state index contributed by atoms with van der Waals surface area (Å²) in [6.07, 6.45) is 11.4. The Morgan fingerprint density at radius 2 is 1.56 bits per heavy atom. The molecule has 0 aromatic heterocycles. The highest BCUT2D eigenvalue weighted by atomic mass is 16.3. The summed E-state index contributed by atoms with van der Waals surface area (Å²) in [7, 11) is 0. The maximum absolute atomic E-state index is 9.48. The monoisotopic (exact) mass is 225 g/mol. The third-order valence-corrected chi connectivity index (χ3v) is 4.55. The van der Waals surface area contributed by atoms with E-state index in [-0.39, 0.29) is 6.10 Å². The highest BCUT2D eigenvalue weighted by Gasteiger charge is 2.24. The lowest BCUT2D eigenvalue weighted by molar-refractivity contribution is 0.110. The van der Waals surface area contributed by atoms with E-state index in [9.17, 15) is 5.11 Å². The SMILES string of the molecule is CC(NC1CCC(O)CC1)C1CCCCC1. The number of aliphatic hydroxyl groups is 1. The fourth-order valence-corrected chi connectivity index (χ4v) is 3.38. The molecule has 0 heterocycles. The van der Waals surface area contributed by atoms with E-state index in [0.717, 1.165) is 31.6 Å². The van der Waals surface area contributed by atoms with Crippen LogP contribution in [0.1, 0.15) is 64.7 Å². The molecule has 0 spiro atoms. The predicted octanol–water partition coefficient (Wildman–Crippen LogP) is 2.85. The van der Waals surface area contributed by atoms with Crippen LogP contribution in [0.4, 0.5) is 0 Å². The Morgan fingerprint density at radius 3 is 2.19 bits per heavy atom. The van der Waals surface area contributed by atoms with Gasteiger partial charge in [0.1, 0.15) is 0 Å². The van der Waals surface area contributed by atoms with Crippen LogP contribution < -0.4 is 5.32 Å². The summed E-state index contributed by atoms with van der Waals surface area (Å²) in [6.45, 7) is 2.36. The molecule has 2 aliphatic rings. The van der Waals surface area contributed by atoms with Gasteiger partial charge in [0.05, 0.1) is 6.10 Å². The average Bonchev–Trinajstić information content (AvgIpc) is 2.33. The molecule has 2 nitrogen and oxygen atoms in total. The maximum Gasteiger partial charge on any atom is 0.0541 e. The molecule has 0 aliphatic heterocycles. The van der Waals surface area contributed by atoms with Gasteiger partial charge in [-0.25, -0.2) is 0 Å². The maximum atomic E-state index is 9.48. The number of hydrogen-bond donors (Lipinski definition) is 2. The summed E-state index contributed by atoms with van der Waals surface area (Å²) in [5.41, 5.74) is 0. The van der Waals surface area contributed by atoms with Crippen molar-refractivity contribution in [3.8, 4) is 0 Å². The van der Waals surface area contributed by atoms with Gasteiger partial charge in [0.25, 0.3) is 0 Å². The molecule has 2 heteroatoms. The second-order valence-corrected chi connectivity index (χ2v) is 5.86. The zero-order valence-corrected chi connectivity index (χ0v) is 10.6. The van der Waals surface area contributed by atoms with E-state index in [1.165, 1.54) is 32.1 Å². The third-order valence-electron chi connectivity index (χ3n) is 4.55. The topological polar surface area (TPSA) is 32.3 Å². The lowest BCUT2D eigenvalue weighted by Gasteiger charge is -2.34. The van der Waals surface area contributed by atoms with E-state index in [0.29, 0.717) is 12.1 Å². The zero-order chi connectivity index (χ0) is 11.4. The first-order valence-electron chi connectivity index (χ1n) is 7.20. The Morgan fingerprint density at radius 1 is 0.938 bits per heavy atom. The number of nitrogens with one attached hydrogen (secondary N) is 1. The second-order valence-electron chi connectivity index (χ2n) is 5.86. The molecule has 0 aromatic rings. The van der Waals surface area contributed by atoms with Crippen molar-refractivity contribution < 1.29 is 5.11 Å². The van der Waals surface area contributed by atoms with Crippen molar-refractivity contribution in [2.24, 2.45) is 5.92 Å². The molecule has 94 valence electrons. The average molecular weight is 225 g/mol. The fraction of sp³-hybridized carbons (Fsp3) is 1.00. The van der Waals surface area contributed by atoms with Crippen molar-refractivity contribution in [3.63, 3.8) is 0 Å². The highest BCUT2D eigenvalue weighted by Crippen LogP contribution is 2.27. The first-order valence-corrected chi connectivity index (χ1v) is 7.20. The highest BCUT2D eigenvalue weighted by molar-refractivity contribution is 4.82. The van der Waals surface area contributed by atoms with E-state index >= 15 is 0 Å². The van der Waals surface area contributed by atoms with Crippen LogP contribution in [0.2, 0.25) is 0 Å². The van der Waals surface area contributed by atoms with Crippen LogP contribution in [0.15, 0.2) is 0 Å². The van der Waals surface area contributed by atoms with Gasteiger partial charge >= 0.3 is 0 Å². The third kappa shape index (κ3) is 3.46. The first-order chi connectivity index (χ1) is 7.75. The summed E-state index contributed by atoms with van der Waals surface area (Å²) < 4.78 is 0. The smallest absolute Gasteiger partial charge is 0.0541 e. The molecule has 2 aliphatic carbocycles. The van der Waals surface area contributed by atoms with Gasteiger partial charge in [0, 0.05) is 12.1 Å². The Bertz CT molecular complexity index is 193. The lowest BCUT2D eigenvalue weighted by Crippen LogP contribution is -2.43. The van der Waals surface area contributed by atoms with Crippen LogP contribution in [0, 0.1) is 5.92 Å². The van der Waals surface area contributed by atoms with E-state index in [4.69, 9.17) is 0 Å². The summed E-state index contributed by atoms with van der Waals surface area (Å²) >= 11 is 0. The van der Waals surface area contributed by atoms with Crippen LogP contribution in [-0.4, -0.2) is 23.3 Å². The molecule has 16 heavy (non-hydrogen) atoms. The molecule has 0 aromatic carbocycles. The van der Waals surface area contributed by atoms with Gasteiger partial charge < -0.3 is 10.4 Å². The van der Waals surface area contributed by atoms with Crippen molar-refractivity contribution in [2.45, 2.75) is 82.9 Å². The van der Waals surface area contributed by atoms with Crippen LogP contribution in [0.3, 0.4) is 0 Å². The summed E-state index contributed by atoms with van der Waals surface area (Å²) in [6, 6.07) is 1.35. The van der Waals surface area contributed by atoms with Gasteiger partial charge in [0.2, 0.25) is 0 Å². The molecular formula is C14H27NO. The second kappa shape index (κ2) is 6.02. The molecule has 0 radical (unpaired) electrons. The molecule has 0 bridgehead atoms. The van der Waals surface area contributed by atoms with Crippen LogP contribution in [0.5, 0.6) is 0 Å². The molecule has 1 unspecified atom stereocenters. The molecule has 0 saturated heterocycles. The van der Waals surface area contributed by atoms with E-state index in [1.54, 1.807) is 0 Å². The summed E-state index contributed by atoms with van der Waals surface area (Å²) in [5.74, 6) is 0.903. The van der Waals surface area contributed by atoms with Crippen molar-refractivity contribution in [1.29, 1.82) is 0 Å². The van der Waals surface area contributed by atoms with E-state index < -0.39 is 0 Å². The Hall–Kier alpha value is -0.0800. The van der Waals surface area contributed by atoms with Gasteiger partial charge in [-0.1, -0.05) is 19.3 Å². The number of aliphatic hydroxyl groups excluding tert-OH is 1. The molecule has 2 rings (SSSR count). The molecule has 2 N–H and O–H groups in total. The normalized spacial score (nSPS) is 34.9. The van der Waals surface area contributed by atoms with Gasteiger partial charge in [-0.05, 0) is 51.4 Å². The van der Waals surface area contributed by atoms with Crippen molar-refractivity contribution in [1.82, 2.24) is 5.32 Å². The Balaban J connectivity index is 1.71. The quantitative estimate of drug-likeness (QED) is 0.774. The van der Waals surface area contributed by atoms with Crippen molar-refractivity contribution >= 4 is 0 Å². The molecule has 2 saturated carbocycles. The van der Waals surface area contributed by atoms with Gasteiger partial charge in [-0.2, -0.15) is 0 Å². The van der Waals surface area contributed by atoms with Crippen molar-refractivity contribution in [3.05, 3.63) is 0 Å². The lowest BCUT2D eigenvalue weighted by atomic mass is 9.83. The Labute approximate surface area is 99.8 Å². The molecular weight excluding hydrogens is 198 g/mol. The van der Waals surface area contributed by atoms with Crippen molar-refractivity contribution in [2.75, 3.05) is 0 Å². The minimum Gasteiger partial charge on any atom is -0.393 e. The first kappa shape index (κ1) is 12.4. The molecule has 0 amide bonds. The van der Waals surface area contributed by atoms with Crippen LogP contribution in [0.25, 0.3) is 0 Å². The van der Waals surface area contributed by atoms with E-state index in [1.807, 2.05) is 0 Å². The molecule has 2 fully saturated rings. The van der Waals surface area contributed by atoms with Gasteiger partial charge in [-0.15, -0.1) is 0 Å². The number of hydrogen-bond acceptors (Lipinski definition) is 2. The standard InChI is InChI=1S/C14H27NO/c1-11(12-5-3-2-4-6-12)15-13-7-9-14(16)10-8-13/h11-16H,2-10H2,1H3. The van der Waals surface area contributed by atoms with Gasteiger partial charge in [0.15, 0.2) is 0 Å². The molecule has 1 atom stereocenters. The Kier molecular flexibility index (Phi) is 4.66. The fourth-order valence-electron chi connectivity index (χ4n) is 3.38. The summed E-state index contributed by atoms with van der Waals surface area (Å²) in [4.78, 5) is 0. The predicted molar refractivity (Wildman–Crippen MR) is 67.4 cm³/mol. The largest absolute Gasteiger partial charge is 0.393 e. The number of rotatable bonds is 3. The van der Waals surface area contributed by atoms with E-state index in [2.05, 4.69) is 12.2 Å². The van der Waals surface area contributed by atoms with Crippen LogP contribution >= 0.6 is 0 Å². The minimum absolute atomic E-state index is 0.0250. The van der Waals surface area contributed by atoms with Crippen LogP contribution in [-0.2, 0) is 0 Å². The summed E-state index contributed by atoms with van der Waals surface area (Å²) in [5, 5.41) is 13.3. The van der Waals surface area contributed by atoms with Gasteiger partial charge in [-0.3, -0.25) is 0 Å². The minimum atomic E-state index is -0.0250.